The lowest BCUT2D eigenvalue weighted by Crippen LogP contribution is -2.32. The summed E-state index contributed by atoms with van der Waals surface area (Å²) in [5.74, 6) is -0.491. The van der Waals surface area contributed by atoms with Gasteiger partial charge in [-0.1, -0.05) is 139 Å². The van der Waals surface area contributed by atoms with Crippen LogP contribution in [-0.2, 0) is 5.41 Å². The highest BCUT2D eigenvalue weighted by atomic mass is 16.5. The minimum atomic E-state index is -1.67. The zero-order chi connectivity index (χ0) is 43.1. The molecule has 0 saturated carbocycles. The van der Waals surface area contributed by atoms with E-state index in [4.69, 9.17) is 8.85 Å². The second kappa shape index (κ2) is 10.7. The predicted octanol–water partition coefficient (Wildman–Crippen LogP) is 12.6. The van der Waals surface area contributed by atoms with Gasteiger partial charge in [-0.25, -0.2) is 0 Å². The molecule has 238 valence electrons. The number of ether oxygens (including phenoxy) is 1. The zero-order valence-corrected chi connectivity index (χ0v) is 26.9. The Morgan fingerprint density at radius 1 is 0.451 bits per heavy atom. The molecule has 0 saturated heterocycles. The lowest BCUT2D eigenvalue weighted by molar-refractivity contribution is 0.436. The van der Waals surface area contributed by atoms with E-state index < -0.39 is 71.9 Å². The molecule has 8 aromatic carbocycles. The van der Waals surface area contributed by atoms with Gasteiger partial charge in [0.15, 0.2) is 0 Å². The first-order chi connectivity index (χ1) is 29.9. The van der Waals surface area contributed by atoms with Crippen LogP contribution in [0.15, 0.2) is 188 Å². The molecule has 51 heavy (non-hydrogen) atoms. The number of para-hydroxylation sites is 3. The highest BCUT2D eigenvalue weighted by molar-refractivity contribution is 6.10. The van der Waals surface area contributed by atoms with E-state index in [1.165, 1.54) is 0 Å². The molecule has 1 spiro atoms. The molecule has 1 aliphatic heterocycles. The maximum absolute atomic E-state index is 10.1. The van der Waals surface area contributed by atoms with Crippen molar-refractivity contribution in [1.82, 2.24) is 4.57 Å². The maximum atomic E-state index is 10.1. The van der Waals surface area contributed by atoms with Crippen molar-refractivity contribution in [3.05, 3.63) is 210 Å². The third-order valence-corrected chi connectivity index (χ3v) is 10.2. The van der Waals surface area contributed by atoms with Crippen LogP contribution in [0, 0.1) is 0 Å². The van der Waals surface area contributed by atoms with Gasteiger partial charge in [-0.05, 0) is 93.0 Å². The van der Waals surface area contributed by atoms with Gasteiger partial charge in [0.05, 0.1) is 31.5 Å². The van der Waals surface area contributed by atoms with Gasteiger partial charge in [0, 0.05) is 27.6 Å². The lowest BCUT2D eigenvalue weighted by Gasteiger charge is -2.39. The van der Waals surface area contributed by atoms with E-state index >= 15 is 0 Å². The Morgan fingerprint density at radius 3 is 1.84 bits per heavy atom. The van der Waals surface area contributed by atoms with Crippen LogP contribution in [0.4, 0.5) is 0 Å². The van der Waals surface area contributed by atoms with Crippen molar-refractivity contribution in [1.29, 1.82) is 0 Å². The monoisotopic (exact) mass is 660 g/mol. The highest BCUT2D eigenvalue weighted by Gasteiger charge is 2.50. The predicted molar refractivity (Wildman–Crippen MR) is 209 cm³/mol. The number of nitrogens with zero attached hydrogens (tertiary/aromatic N) is 1. The summed E-state index contributed by atoms with van der Waals surface area (Å²) in [6.07, 6.45) is 0. The third-order valence-electron chi connectivity index (χ3n) is 10.2. The standard InChI is InChI=1S/C49H31NO/c1-2-12-36(13-3-1)50-45-20-10-6-16-39(45)40-30-34(26-28-46(40)50)32-22-24-33(25-23-32)35-27-29-48-44(31-35)49(43-19-9-11-21-47(43)51-48)41-17-7-4-14-37(41)38-15-5-8-18-42(38)49/h1-31H/i9D,11D,19D,21D,22D,23D,24D,25D,27D,29D,31D. The number of rotatable bonds is 3. The summed E-state index contributed by atoms with van der Waals surface area (Å²) in [5, 5.41) is 1.78. The zero-order valence-electron chi connectivity index (χ0n) is 37.9. The third kappa shape index (κ3) is 3.93. The molecule has 11 rings (SSSR count). The van der Waals surface area contributed by atoms with E-state index in [-0.39, 0.29) is 39.3 Å². The van der Waals surface area contributed by atoms with E-state index in [0.717, 1.165) is 38.6 Å². The lowest BCUT2D eigenvalue weighted by atomic mass is 9.66. The molecule has 2 aliphatic rings. The number of aromatic nitrogens is 1. The molecule has 1 aliphatic carbocycles. The normalized spacial score (nSPS) is 16.4. The second-order valence-corrected chi connectivity index (χ2v) is 12.8. The Morgan fingerprint density at radius 2 is 1.06 bits per heavy atom. The van der Waals surface area contributed by atoms with E-state index in [1.807, 2.05) is 103 Å². The Balaban J connectivity index is 1.19. The van der Waals surface area contributed by atoms with Crippen molar-refractivity contribution in [2.75, 3.05) is 0 Å². The van der Waals surface area contributed by atoms with E-state index in [2.05, 4.69) is 4.57 Å². The molecule has 0 bridgehead atoms. The number of hydrogen-bond donors (Lipinski definition) is 0. The van der Waals surface area contributed by atoms with Crippen LogP contribution in [0.5, 0.6) is 11.5 Å². The molecule has 0 atom stereocenters. The van der Waals surface area contributed by atoms with Crippen LogP contribution in [0.3, 0.4) is 0 Å². The van der Waals surface area contributed by atoms with Crippen LogP contribution in [0.2, 0.25) is 0 Å². The fourth-order valence-electron chi connectivity index (χ4n) is 8.07. The van der Waals surface area contributed by atoms with Crippen molar-refractivity contribution in [3.8, 4) is 50.6 Å². The largest absolute Gasteiger partial charge is 0.457 e. The SMILES string of the molecule is [2H]c1c([2H])c([2H])c2c(c1[2H])Oc1c([2H])c([2H])c(-c3c([2H])c([2H])c(-c4ccc5c(c4)c4ccccc4n5-c4ccccc4)c([2H])c3[2H])c([2H])c1C21c2ccccc2-c2ccccc21. The first-order valence-corrected chi connectivity index (χ1v) is 16.7. The summed E-state index contributed by atoms with van der Waals surface area (Å²) in [5.41, 5.74) is 3.56. The molecule has 9 aromatic rings. The first kappa shape index (κ1) is 19.5. The van der Waals surface area contributed by atoms with Gasteiger partial charge in [-0.15, -0.1) is 0 Å². The first-order valence-electron chi connectivity index (χ1n) is 22.2. The molecule has 0 unspecified atom stereocenters. The Bertz CT molecular complexity index is 3400. The summed E-state index contributed by atoms with van der Waals surface area (Å²) in [4.78, 5) is 0. The van der Waals surface area contributed by atoms with Gasteiger partial charge < -0.3 is 9.30 Å². The van der Waals surface area contributed by atoms with Crippen LogP contribution >= 0.6 is 0 Å². The van der Waals surface area contributed by atoms with Crippen LogP contribution in [0.25, 0.3) is 60.9 Å². The second-order valence-electron chi connectivity index (χ2n) is 12.8. The molecular formula is C49H31NO. The van der Waals surface area contributed by atoms with E-state index in [0.29, 0.717) is 16.7 Å². The minimum Gasteiger partial charge on any atom is -0.457 e. The van der Waals surface area contributed by atoms with E-state index in [9.17, 15) is 11.0 Å². The summed E-state index contributed by atoms with van der Waals surface area (Å²) in [7, 11) is 0. The van der Waals surface area contributed by atoms with Crippen molar-refractivity contribution in [2.45, 2.75) is 5.41 Å². The molecule has 0 radical (unpaired) electrons. The number of hydrogen-bond acceptors (Lipinski definition) is 1. The summed E-state index contributed by atoms with van der Waals surface area (Å²) in [6, 6.07) is 32.7. The van der Waals surface area contributed by atoms with E-state index in [1.54, 1.807) is 18.2 Å². The number of benzene rings is 8. The van der Waals surface area contributed by atoms with Gasteiger partial charge in [-0.3, -0.25) is 0 Å². The summed E-state index contributed by atoms with van der Waals surface area (Å²) >= 11 is 0. The minimum absolute atomic E-state index is 0.00428. The molecule has 0 N–H and O–H groups in total. The summed E-state index contributed by atoms with van der Waals surface area (Å²) < 4.78 is 111. The smallest absolute Gasteiger partial charge is 0.132 e. The molecule has 1 aromatic heterocycles. The molecule has 0 amide bonds. The van der Waals surface area contributed by atoms with Crippen LogP contribution in [0.1, 0.15) is 37.3 Å². The summed E-state index contributed by atoms with van der Waals surface area (Å²) in [6.45, 7) is 0. The van der Waals surface area contributed by atoms with Gasteiger partial charge in [0.1, 0.15) is 11.5 Å². The molecule has 2 nitrogen and oxygen atoms in total. The van der Waals surface area contributed by atoms with Gasteiger partial charge >= 0.3 is 0 Å². The van der Waals surface area contributed by atoms with Crippen LogP contribution < -0.4 is 4.74 Å². The fourth-order valence-corrected chi connectivity index (χ4v) is 8.07. The van der Waals surface area contributed by atoms with Gasteiger partial charge in [0.25, 0.3) is 0 Å². The number of fused-ring (bicyclic) bond motifs is 12. The highest BCUT2D eigenvalue weighted by Crippen LogP contribution is 2.62. The Labute approximate surface area is 311 Å². The molecule has 0 fully saturated rings. The molecular weight excluding hydrogens is 619 g/mol. The molecule has 2 heterocycles. The Hall–Kier alpha value is -6.64. The van der Waals surface area contributed by atoms with Crippen molar-refractivity contribution < 1.29 is 19.8 Å². The molecule has 2 heteroatoms. The van der Waals surface area contributed by atoms with Gasteiger partial charge in [-0.2, -0.15) is 0 Å². The van der Waals surface area contributed by atoms with Crippen molar-refractivity contribution >= 4 is 21.8 Å². The Kier molecular flexibility index (Phi) is 4.09. The van der Waals surface area contributed by atoms with Crippen molar-refractivity contribution in [3.63, 3.8) is 0 Å². The van der Waals surface area contributed by atoms with Crippen LogP contribution in [-0.4, -0.2) is 4.57 Å². The maximum Gasteiger partial charge on any atom is 0.132 e. The quantitative estimate of drug-likeness (QED) is 0.184. The average molecular weight is 661 g/mol. The topological polar surface area (TPSA) is 14.2 Å². The van der Waals surface area contributed by atoms with Gasteiger partial charge in [0.2, 0.25) is 0 Å². The van der Waals surface area contributed by atoms with Crippen molar-refractivity contribution in [2.24, 2.45) is 0 Å². The average Bonchev–Trinajstić information content (AvgIpc) is 3.77. The fraction of sp³-hybridized carbons (Fsp3) is 0.0204.